The molecule has 1 N–H and O–H groups in total. The quantitative estimate of drug-likeness (QED) is 0.606. The van der Waals surface area contributed by atoms with Crippen molar-refractivity contribution in [1.82, 2.24) is 5.32 Å². The van der Waals surface area contributed by atoms with E-state index in [1.54, 1.807) is 19.9 Å². The van der Waals surface area contributed by atoms with Crippen LogP contribution in [0.2, 0.25) is 0 Å². The Balaban J connectivity index is 3.54. The van der Waals surface area contributed by atoms with Gasteiger partial charge in [-0.1, -0.05) is 13.0 Å². The van der Waals surface area contributed by atoms with Crippen LogP contribution >= 0.6 is 0 Å². The van der Waals surface area contributed by atoms with Gasteiger partial charge in [0.05, 0.1) is 6.54 Å². The monoisotopic (exact) mass is 155 g/mol. The molecule has 0 saturated carbocycles. The Kier molecular flexibility index (Phi) is 5.07. The second kappa shape index (κ2) is 5.65. The van der Waals surface area contributed by atoms with E-state index in [1.165, 1.54) is 6.08 Å². The predicted octanol–water partition coefficient (Wildman–Crippen LogP) is 0.658. The van der Waals surface area contributed by atoms with Crippen LogP contribution in [0, 0.1) is 0 Å². The van der Waals surface area contributed by atoms with Crippen LogP contribution in [0.5, 0.6) is 0 Å². The smallest absolute Gasteiger partial charge is 0.244 e. The molecule has 0 heterocycles. The summed E-state index contributed by atoms with van der Waals surface area (Å²) >= 11 is 0. The topological polar surface area (TPSA) is 46.2 Å². The number of allylic oxidation sites excluding steroid dienone is 1. The van der Waals surface area contributed by atoms with E-state index in [9.17, 15) is 9.59 Å². The molecule has 3 nitrogen and oxygen atoms in total. The van der Waals surface area contributed by atoms with Gasteiger partial charge in [0.2, 0.25) is 5.91 Å². The van der Waals surface area contributed by atoms with Crippen molar-refractivity contribution in [1.29, 1.82) is 0 Å². The predicted molar refractivity (Wildman–Crippen MR) is 43.1 cm³/mol. The highest BCUT2D eigenvalue weighted by Crippen LogP contribution is 1.78. The SMILES string of the molecule is C/C=C/C(=O)NCC(=O)CC. The highest BCUT2D eigenvalue weighted by Gasteiger charge is 1.98. The summed E-state index contributed by atoms with van der Waals surface area (Å²) in [5.74, 6) is -0.169. The number of carbonyl (C=O) groups excluding carboxylic acids is 2. The van der Waals surface area contributed by atoms with E-state index in [-0.39, 0.29) is 18.2 Å². The van der Waals surface area contributed by atoms with Gasteiger partial charge in [-0.25, -0.2) is 0 Å². The van der Waals surface area contributed by atoms with Crippen molar-refractivity contribution in [3.8, 4) is 0 Å². The van der Waals surface area contributed by atoms with Gasteiger partial charge in [0.15, 0.2) is 5.78 Å². The number of ketones is 1. The van der Waals surface area contributed by atoms with Crippen LogP contribution in [0.3, 0.4) is 0 Å². The zero-order valence-corrected chi connectivity index (χ0v) is 6.89. The lowest BCUT2D eigenvalue weighted by molar-refractivity contribution is -0.122. The molecule has 11 heavy (non-hydrogen) atoms. The minimum atomic E-state index is -0.214. The average molecular weight is 155 g/mol. The van der Waals surface area contributed by atoms with E-state index in [4.69, 9.17) is 0 Å². The first-order chi connectivity index (χ1) is 5.20. The van der Waals surface area contributed by atoms with Gasteiger partial charge >= 0.3 is 0 Å². The largest absolute Gasteiger partial charge is 0.345 e. The van der Waals surface area contributed by atoms with Crippen molar-refractivity contribution in [2.75, 3.05) is 6.54 Å². The molecule has 0 atom stereocenters. The van der Waals surface area contributed by atoms with E-state index in [0.29, 0.717) is 6.42 Å². The third-order valence-electron chi connectivity index (χ3n) is 1.17. The molecule has 0 unspecified atom stereocenters. The Morgan fingerprint density at radius 2 is 2.09 bits per heavy atom. The van der Waals surface area contributed by atoms with Crippen LogP contribution in [0.1, 0.15) is 20.3 Å². The molecule has 0 spiro atoms. The number of carbonyl (C=O) groups is 2. The van der Waals surface area contributed by atoms with Gasteiger partial charge in [-0.15, -0.1) is 0 Å². The summed E-state index contributed by atoms with van der Waals surface area (Å²) in [5, 5.41) is 2.46. The van der Waals surface area contributed by atoms with Crippen LogP contribution in [0.4, 0.5) is 0 Å². The van der Waals surface area contributed by atoms with Crippen molar-refractivity contribution in [3.05, 3.63) is 12.2 Å². The van der Waals surface area contributed by atoms with Crippen LogP contribution in [0.15, 0.2) is 12.2 Å². The summed E-state index contributed by atoms with van der Waals surface area (Å²) in [5.41, 5.74) is 0. The Bertz CT molecular complexity index is 173. The number of Topliss-reactive ketones (excluding diaryl/α,β-unsaturated/α-hetero) is 1. The lowest BCUT2D eigenvalue weighted by atomic mass is 10.3. The Labute approximate surface area is 66.5 Å². The standard InChI is InChI=1S/C8H13NO2/c1-3-5-8(11)9-6-7(10)4-2/h3,5H,4,6H2,1-2H3,(H,9,11)/b5-3+. The summed E-state index contributed by atoms with van der Waals surface area (Å²) in [6.45, 7) is 3.66. The van der Waals surface area contributed by atoms with E-state index < -0.39 is 0 Å². The van der Waals surface area contributed by atoms with Crippen molar-refractivity contribution in [3.63, 3.8) is 0 Å². The lowest BCUT2D eigenvalue weighted by Gasteiger charge is -1.97. The first-order valence-corrected chi connectivity index (χ1v) is 3.63. The molecule has 1 amide bonds. The highest BCUT2D eigenvalue weighted by molar-refractivity contribution is 5.91. The van der Waals surface area contributed by atoms with Crippen LogP contribution in [0.25, 0.3) is 0 Å². The maximum Gasteiger partial charge on any atom is 0.244 e. The van der Waals surface area contributed by atoms with Crippen LogP contribution < -0.4 is 5.32 Å². The molecular formula is C8H13NO2. The molecular weight excluding hydrogens is 142 g/mol. The number of hydrogen-bond donors (Lipinski definition) is 1. The Morgan fingerprint density at radius 1 is 1.45 bits per heavy atom. The van der Waals surface area contributed by atoms with Crippen LogP contribution in [-0.2, 0) is 9.59 Å². The molecule has 0 aromatic rings. The number of amides is 1. The van der Waals surface area contributed by atoms with Gasteiger partial charge < -0.3 is 5.32 Å². The van der Waals surface area contributed by atoms with E-state index in [2.05, 4.69) is 5.32 Å². The molecule has 62 valence electrons. The molecule has 0 aliphatic rings. The third kappa shape index (κ3) is 5.33. The molecule has 0 aromatic heterocycles. The number of nitrogens with one attached hydrogen (secondary N) is 1. The Morgan fingerprint density at radius 3 is 2.55 bits per heavy atom. The molecule has 0 aromatic carbocycles. The summed E-state index contributed by atoms with van der Waals surface area (Å²) in [6.07, 6.45) is 3.49. The third-order valence-corrected chi connectivity index (χ3v) is 1.17. The fourth-order valence-corrected chi connectivity index (χ4v) is 0.521. The molecule has 3 heteroatoms. The molecule has 0 fully saturated rings. The maximum atomic E-state index is 10.7. The van der Waals surface area contributed by atoms with Crippen molar-refractivity contribution in [2.24, 2.45) is 0 Å². The second-order valence-corrected chi connectivity index (χ2v) is 2.11. The van der Waals surface area contributed by atoms with Crippen molar-refractivity contribution < 1.29 is 9.59 Å². The van der Waals surface area contributed by atoms with Gasteiger partial charge in [0.25, 0.3) is 0 Å². The van der Waals surface area contributed by atoms with Gasteiger partial charge in [0.1, 0.15) is 0 Å². The minimum Gasteiger partial charge on any atom is -0.345 e. The van der Waals surface area contributed by atoms with E-state index in [0.717, 1.165) is 0 Å². The number of hydrogen-bond acceptors (Lipinski definition) is 2. The van der Waals surface area contributed by atoms with Gasteiger partial charge in [-0.05, 0) is 13.0 Å². The fraction of sp³-hybridized carbons (Fsp3) is 0.500. The normalized spacial score (nSPS) is 10.0. The van der Waals surface area contributed by atoms with Crippen molar-refractivity contribution >= 4 is 11.7 Å². The summed E-state index contributed by atoms with van der Waals surface area (Å²) < 4.78 is 0. The minimum absolute atomic E-state index is 0.0443. The Hall–Kier alpha value is -1.12. The van der Waals surface area contributed by atoms with E-state index in [1.807, 2.05) is 0 Å². The molecule has 0 rings (SSSR count). The molecule has 0 aliphatic carbocycles. The van der Waals surface area contributed by atoms with E-state index >= 15 is 0 Å². The molecule has 0 radical (unpaired) electrons. The van der Waals surface area contributed by atoms with Gasteiger partial charge in [-0.3, -0.25) is 9.59 Å². The zero-order valence-electron chi connectivity index (χ0n) is 6.89. The first kappa shape index (κ1) is 9.88. The summed E-state index contributed by atoms with van der Waals surface area (Å²) in [4.78, 5) is 21.4. The van der Waals surface area contributed by atoms with Gasteiger partial charge in [0, 0.05) is 6.42 Å². The first-order valence-electron chi connectivity index (χ1n) is 3.63. The molecule has 0 bridgehead atoms. The highest BCUT2D eigenvalue weighted by atomic mass is 16.2. The fourth-order valence-electron chi connectivity index (χ4n) is 0.521. The van der Waals surface area contributed by atoms with Crippen molar-refractivity contribution in [2.45, 2.75) is 20.3 Å². The molecule has 0 aliphatic heterocycles. The maximum absolute atomic E-state index is 10.7. The van der Waals surface area contributed by atoms with Crippen LogP contribution in [-0.4, -0.2) is 18.2 Å². The summed E-state index contributed by atoms with van der Waals surface area (Å²) in [7, 11) is 0. The van der Waals surface area contributed by atoms with Gasteiger partial charge in [-0.2, -0.15) is 0 Å². The molecule has 0 saturated heterocycles. The number of rotatable bonds is 4. The second-order valence-electron chi connectivity index (χ2n) is 2.11. The average Bonchev–Trinajstić information content (AvgIpc) is 2.01. The summed E-state index contributed by atoms with van der Waals surface area (Å²) in [6, 6.07) is 0. The lowest BCUT2D eigenvalue weighted by Crippen LogP contribution is -2.27. The zero-order chi connectivity index (χ0) is 8.69.